The van der Waals surface area contributed by atoms with Gasteiger partial charge in [0.1, 0.15) is 5.75 Å². The monoisotopic (exact) mass is 346 g/mol. The molecule has 0 aliphatic rings. The Morgan fingerprint density at radius 1 is 1.08 bits per heavy atom. The van der Waals surface area contributed by atoms with Crippen LogP contribution in [0.2, 0.25) is 0 Å². The smallest absolute Gasteiger partial charge is 0.276 e. The van der Waals surface area contributed by atoms with Gasteiger partial charge < -0.3 is 4.74 Å². The van der Waals surface area contributed by atoms with E-state index in [0.717, 1.165) is 19.3 Å². The quantitative estimate of drug-likeness (QED) is 0.722. The molecule has 0 saturated heterocycles. The summed E-state index contributed by atoms with van der Waals surface area (Å²) in [6, 6.07) is 11.6. The number of hydrazine groups is 1. The van der Waals surface area contributed by atoms with Crippen LogP contribution in [0.4, 0.5) is 0 Å². The molecule has 0 bridgehead atoms. The lowest BCUT2D eigenvalue weighted by molar-refractivity contribution is -0.130. The number of hydrogen-bond donors (Lipinski definition) is 2. The third-order valence-electron chi connectivity index (χ3n) is 3.45. The molecular weight excluding hydrogens is 324 g/mol. The fourth-order valence-corrected chi connectivity index (χ4v) is 2.84. The lowest BCUT2D eigenvalue weighted by atomic mass is 10.2. The summed E-state index contributed by atoms with van der Waals surface area (Å²) in [4.78, 5) is 24.6. The van der Waals surface area contributed by atoms with Gasteiger partial charge in [0.05, 0.1) is 0 Å². The van der Waals surface area contributed by atoms with Gasteiger partial charge in [0.2, 0.25) is 5.91 Å². The van der Waals surface area contributed by atoms with Crippen LogP contribution >= 0.6 is 11.3 Å². The molecule has 0 atom stereocenters. The Labute approximate surface area is 146 Å². The van der Waals surface area contributed by atoms with Crippen LogP contribution in [0.5, 0.6) is 5.75 Å². The Hall–Kier alpha value is -2.34. The van der Waals surface area contributed by atoms with Crippen molar-refractivity contribution in [2.75, 3.05) is 6.61 Å². The summed E-state index contributed by atoms with van der Waals surface area (Å²) in [6.07, 6.45) is 2.95. The first-order valence-electron chi connectivity index (χ1n) is 7.99. The maximum absolute atomic E-state index is 11.7. The second-order valence-electron chi connectivity index (χ2n) is 5.32. The first-order chi connectivity index (χ1) is 11.7. The molecular formula is C18H22N2O3S. The maximum atomic E-state index is 11.7. The molecule has 6 heteroatoms. The van der Waals surface area contributed by atoms with Gasteiger partial charge in [0.25, 0.3) is 5.91 Å². The van der Waals surface area contributed by atoms with Gasteiger partial charge in [-0.1, -0.05) is 25.1 Å². The fraction of sp³-hybridized carbons (Fsp3) is 0.333. The van der Waals surface area contributed by atoms with Crippen LogP contribution in [0.15, 0.2) is 41.8 Å². The van der Waals surface area contributed by atoms with Gasteiger partial charge in [0.15, 0.2) is 6.61 Å². The highest BCUT2D eigenvalue weighted by atomic mass is 32.1. The molecule has 1 aromatic heterocycles. The molecule has 0 aliphatic heterocycles. The number of benzene rings is 1. The number of nitrogens with one attached hydrogen (secondary N) is 2. The summed E-state index contributed by atoms with van der Waals surface area (Å²) >= 11 is 1.68. The van der Waals surface area contributed by atoms with Crippen molar-refractivity contribution in [2.45, 2.75) is 32.6 Å². The number of thiophene rings is 1. The normalized spacial score (nSPS) is 10.2. The first-order valence-corrected chi connectivity index (χ1v) is 8.87. The van der Waals surface area contributed by atoms with E-state index in [1.54, 1.807) is 11.3 Å². The highest BCUT2D eigenvalue weighted by Gasteiger charge is 2.06. The van der Waals surface area contributed by atoms with E-state index < -0.39 is 0 Å². The van der Waals surface area contributed by atoms with Crippen molar-refractivity contribution in [1.29, 1.82) is 0 Å². The molecule has 1 heterocycles. The minimum Gasteiger partial charge on any atom is -0.484 e. The van der Waals surface area contributed by atoms with Crippen LogP contribution < -0.4 is 15.6 Å². The van der Waals surface area contributed by atoms with Crippen molar-refractivity contribution in [3.05, 3.63) is 52.2 Å². The number of rotatable bonds is 8. The molecule has 2 aromatic rings. The largest absolute Gasteiger partial charge is 0.484 e. The molecule has 0 aliphatic carbocycles. The summed E-state index contributed by atoms with van der Waals surface area (Å²) in [6.45, 7) is 1.94. The van der Waals surface area contributed by atoms with Gasteiger partial charge in [-0.2, -0.15) is 0 Å². The highest BCUT2D eigenvalue weighted by Crippen LogP contribution is 2.12. The van der Waals surface area contributed by atoms with Crippen molar-refractivity contribution in [1.82, 2.24) is 10.9 Å². The van der Waals surface area contributed by atoms with E-state index in [1.165, 1.54) is 10.4 Å². The molecule has 0 unspecified atom stereocenters. The van der Waals surface area contributed by atoms with Crippen molar-refractivity contribution < 1.29 is 14.3 Å². The van der Waals surface area contributed by atoms with Gasteiger partial charge in [-0.25, -0.2) is 0 Å². The average Bonchev–Trinajstić information content (AvgIpc) is 3.12. The highest BCUT2D eigenvalue weighted by molar-refractivity contribution is 7.09. The van der Waals surface area contributed by atoms with E-state index in [9.17, 15) is 9.59 Å². The second kappa shape index (κ2) is 9.72. The SMILES string of the molecule is CCc1ccc(OCC(=O)NNC(=O)CCCc2cccs2)cc1. The molecule has 2 rings (SSSR count). The summed E-state index contributed by atoms with van der Waals surface area (Å²) < 4.78 is 5.37. The van der Waals surface area contributed by atoms with Crippen LogP contribution in [-0.4, -0.2) is 18.4 Å². The van der Waals surface area contributed by atoms with E-state index in [2.05, 4.69) is 23.8 Å². The van der Waals surface area contributed by atoms with Gasteiger partial charge >= 0.3 is 0 Å². The molecule has 1 aromatic carbocycles. The Morgan fingerprint density at radius 2 is 1.83 bits per heavy atom. The van der Waals surface area contributed by atoms with E-state index in [1.807, 2.05) is 35.7 Å². The molecule has 0 spiro atoms. The van der Waals surface area contributed by atoms with Crippen molar-refractivity contribution in [3.8, 4) is 5.75 Å². The van der Waals surface area contributed by atoms with Crippen LogP contribution in [-0.2, 0) is 22.4 Å². The van der Waals surface area contributed by atoms with Crippen molar-refractivity contribution >= 4 is 23.2 Å². The molecule has 0 radical (unpaired) electrons. The minimum absolute atomic E-state index is 0.138. The number of ether oxygens (including phenoxy) is 1. The van der Waals surface area contributed by atoms with Crippen molar-refractivity contribution in [2.24, 2.45) is 0 Å². The van der Waals surface area contributed by atoms with Gasteiger partial charge in [-0.05, 0) is 48.4 Å². The Kier molecular flexibility index (Phi) is 7.29. The number of amides is 2. The Balaban J connectivity index is 1.58. The zero-order chi connectivity index (χ0) is 17.2. The molecule has 24 heavy (non-hydrogen) atoms. The summed E-state index contributed by atoms with van der Waals surface area (Å²) in [5.41, 5.74) is 5.97. The van der Waals surface area contributed by atoms with Crippen LogP contribution in [0, 0.1) is 0 Å². The fourth-order valence-electron chi connectivity index (χ4n) is 2.09. The third-order valence-corrected chi connectivity index (χ3v) is 4.39. The number of hydrogen-bond acceptors (Lipinski definition) is 4. The molecule has 2 N–H and O–H groups in total. The zero-order valence-corrected chi connectivity index (χ0v) is 14.5. The first kappa shape index (κ1) is 18.0. The predicted molar refractivity (Wildman–Crippen MR) is 94.9 cm³/mol. The number of carbonyl (C=O) groups excluding carboxylic acids is 2. The second-order valence-corrected chi connectivity index (χ2v) is 6.35. The van der Waals surface area contributed by atoms with Gasteiger partial charge in [0, 0.05) is 11.3 Å². The summed E-state index contributed by atoms with van der Waals surface area (Å²) in [5, 5.41) is 2.02. The van der Waals surface area contributed by atoms with E-state index in [4.69, 9.17) is 4.74 Å². The third kappa shape index (κ3) is 6.42. The predicted octanol–water partition coefficient (Wildman–Crippen LogP) is 2.86. The van der Waals surface area contributed by atoms with Gasteiger partial charge in [-0.3, -0.25) is 20.4 Å². The molecule has 5 nitrogen and oxygen atoms in total. The van der Waals surface area contributed by atoms with E-state index in [-0.39, 0.29) is 18.4 Å². The van der Waals surface area contributed by atoms with Gasteiger partial charge in [-0.15, -0.1) is 11.3 Å². The lowest BCUT2D eigenvalue weighted by Gasteiger charge is -2.09. The number of aryl methyl sites for hydroxylation is 2. The molecule has 2 amide bonds. The molecule has 0 fully saturated rings. The summed E-state index contributed by atoms with van der Waals surface area (Å²) in [5.74, 6) is 0.0398. The molecule has 128 valence electrons. The van der Waals surface area contributed by atoms with Crippen LogP contribution in [0.1, 0.15) is 30.2 Å². The average molecular weight is 346 g/mol. The Morgan fingerprint density at radius 3 is 2.50 bits per heavy atom. The van der Waals surface area contributed by atoms with Crippen LogP contribution in [0.3, 0.4) is 0 Å². The molecule has 0 saturated carbocycles. The summed E-state index contributed by atoms with van der Waals surface area (Å²) in [7, 11) is 0. The zero-order valence-electron chi connectivity index (χ0n) is 13.7. The maximum Gasteiger partial charge on any atom is 0.276 e. The Bertz CT molecular complexity index is 639. The van der Waals surface area contributed by atoms with Crippen molar-refractivity contribution in [3.63, 3.8) is 0 Å². The minimum atomic E-state index is -0.388. The number of carbonyl (C=O) groups is 2. The topological polar surface area (TPSA) is 67.4 Å². The lowest BCUT2D eigenvalue weighted by Crippen LogP contribution is -2.43. The standard InChI is InChI=1S/C18H22N2O3S/c1-2-14-8-10-15(11-9-14)23-13-18(22)20-19-17(21)7-3-5-16-6-4-12-24-16/h4,6,8-12H,2-3,5,7,13H2,1H3,(H,19,21)(H,20,22). The van der Waals surface area contributed by atoms with E-state index in [0.29, 0.717) is 12.2 Å². The van der Waals surface area contributed by atoms with E-state index >= 15 is 0 Å². The van der Waals surface area contributed by atoms with Crippen LogP contribution in [0.25, 0.3) is 0 Å².